The molecule has 6 nitrogen and oxygen atoms in total. The van der Waals surface area contributed by atoms with E-state index in [1.54, 1.807) is 13.2 Å². The van der Waals surface area contributed by atoms with Crippen molar-refractivity contribution in [1.29, 1.82) is 0 Å². The van der Waals surface area contributed by atoms with Gasteiger partial charge >= 0.3 is 0 Å². The van der Waals surface area contributed by atoms with Crippen LogP contribution in [0.5, 0.6) is 5.75 Å². The first-order valence-corrected chi connectivity index (χ1v) is 11.4. The number of methoxy groups -OCH3 is 1. The number of hydrogen-bond donors (Lipinski definition) is 1. The number of carbonyl (C=O) groups is 1. The van der Waals surface area contributed by atoms with Crippen molar-refractivity contribution in [3.05, 3.63) is 58.6 Å². The second kappa shape index (κ2) is 9.15. The van der Waals surface area contributed by atoms with Crippen LogP contribution < -0.4 is 10.1 Å². The molecule has 0 spiro atoms. The molecule has 0 bridgehead atoms. The molecule has 1 amide bonds. The van der Waals surface area contributed by atoms with Crippen LogP contribution in [0, 0.1) is 0 Å². The van der Waals surface area contributed by atoms with Crippen LogP contribution in [0.2, 0.25) is 5.02 Å². The summed E-state index contributed by atoms with van der Waals surface area (Å²) >= 11 is 6.17. The van der Waals surface area contributed by atoms with E-state index >= 15 is 0 Å². The first-order valence-electron chi connectivity index (χ1n) is 9.61. The molecule has 1 atom stereocenters. The van der Waals surface area contributed by atoms with E-state index in [1.807, 2.05) is 31.2 Å². The van der Waals surface area contributed by atoms with Crippen molar-refractivity contribution in [3.63, 3.8) is 0 Å². The van der Waals surface area contributed by atoms with Gasteiger partial charge in [-0.2, -0.15) is 4.31 Å². The van der Waals surface area contributed by atoms with Gasteiger partial charge in [-0.05, 0) is 55.2 Å². The number of nitrogens with zero attached hydrogens (tertiary/aromatic N) is 1. The predicted octanol–water partition coefficient (Wildman–Crippen LogP) is 4.01. The van der Waals surface area contributed by atoms with E-state index in [0.717, 1.165) is 24.2 Å². The highest BCUT2D eigenvalue weighted by Crippen LogP contribution is 2.28. The average molecular weight is 437 g/mol. The SMILES string of the molecule is CCC(NC(=O)c1ccc(Cl)c(S(=O)(=O)N2CCCC2)c1)c1ccc(OC)cc1. The summed E-state index contributed by atoms with van der Waals surface area (Å²) in [5.74, 6) is 0.395. The van der Waals surface area contributed by atoms with Crippen LogP contribution in [0.3, 0.4) is 0 Å². The van der Waals surface area contributed by atoms with Crippen molar-refractivity contribution in [3.8, 4) is 5.75 Å². The molecule has 1 saturated heterocycles. The molecule has 1 heterocycles. The quantitative estimate of drug-likeness (QED) is 0.711. The molecule has 0 aromatic heterocycles. The van der Waals surface area contributed by atoms with Crippen molar-refractivity contribution in [2.24, 2.45) is 0 Å². The molecule has 1 aliphatic rings. The predicted molar refractivity (Wildman–Crippen MR) is 113 cm³/mol. The normalized spacial score (nSPS) is 15.8. The molecule has 3 rings (SSSR count). The molecular weight excluding hydrogens is 412 g/mol. The van der Waals surface area contributed by atoms with Crippen molar-refractivity contribution < 1.29 is 17.9 Å². The van der Waals surface area contributed by atoms with E-state index < -0.39 is 10.0 Å². The third kappa shape index (κ3) is 4.74. The topological polar surface area (TPSA) is 75.7 Å². The first kappa shape index (κ1) is 21.6. The standard InChI is InChI=1S/C21H25ClN2O4S/c1-3-19(15-6-9-17(28-2)10-7-15)23-21(25)16-8-11-18(22)20(14-16)29(26,27)24-12-4-5-13-24/h6-11,14,19H,3-5,12-13H2,1-2H3,(H,23,25). The molecule has 0 aliphatic carbocycles. The minimum absolute atomic E-state index is 0.0220. The fourth-order valence-corrected chi connectivity index (χ4v) is 5.43. The van der Waals surface area contributed by atoms with Gasteiger partial charge in [0.15, 0.2) is 0 Å². The van der Waals surface area contributed by atoms with Crippen LogP contribution in [-0.4, -0.2) is 38.8 Å². The Morgan fingerprint density at radius 2 is 1.83 bits per heavy atom. The molecule has 1 unspecified atom stereocenters. The number of hydrogen-bond acceptors (Lipinski definition) is 4. The van der Waals surface area contributed by atoms with Gasteiger partial charge in [-0.25, -0.2) is 8.42 Å². The number of benzene rings is 2. The second-order valence-corrected chi connectivity index (χ2v) is 9.28. The maximum absolute atomic E-state index is 12.9. The van der Waals surface area contributed by atoms with Gasteiger partial charge in [0.1, 0.15) is 10.6 Å². The van der Waals surface area contributed by atoms with E-state index in [4.69, 9.17) is 16.3 Å². The molecule has 1 aliphatic heterocycles. The number of rotatable bonds is 7. The lowest BCUT2D eigenvalue weighted by Gasteiger charge is -2.19. The van der Waals surface area contributed by atoms with Crippen LogP contribution in [0.1, 0.15) is 48.1 Å². The van der Waals surface area contributed by atoms with Gasteiger partial charge in [0.25, 0.3) is 5.91 Å². The maximum Gasteiger partial charge on any atom is 0.251 e. The van der Waals surface area contributed by atoms with Crippen molar-refractivity contribution >= 4 is 27.5 Å². The van der Waals surface area contributed by atoms with E-state index in [1.165, 1.54) is 16.4 Å². The molecule has 2 aromatic rings. The zero-order chi connectivity index (χ0) is 21.0. The summed E-state index contributed by atoms with van der Waals surface area (Å²) in [4.78, 5) is 12.8. The van der Waals surface area contributed by atoms with Crippen molar-refractivity contribution in [2.45, 2.75) is 37.1 Å². The Labute approximate surface area is 176 Å². The summed E-state index contributed by atoms with van der Waals surface area (Å²) in [6, 6.07) is 11.7. The fourth-order valence-electron chi connectivity index (χ4n) is 3.41. The molecular formula is C21H25ClN2O4S. The number of halogens is 1. The van der Waals surface area contributed by atoms with Crippen molar-refractivity contribution in [2.75, 3.05) is 20.2 Å². The van der Waals surface area contributed by atoms with Crippen LogP contribution >= 0.6 is 11.6 Å². The fraction of sp³-hybridized carbons (Fsp3) is 0.381. The highest BCUT2D eigenvalue weighted by molar-refractivity contribution is 7.89. The lowest BCUT2D eigenvalue weighted by Crippen LogP contribution is -2.30. The summed E-state index contributed by atoms with van der Waals surface area (Å²) in [6.45, 7) is 2.93. The molecule has 8 heteroatoms. The second-order valence-electron chi connectivity index (χ2n) is 6.96. The molecule has 1 fully saturated rings. The van der Waals surface area contributed by atoms with Gasteiger partial charge in [0, 0.05) is 18.7 Å². The first-order chi connectivity index (χ1) is 13.9. The minimum atomic E-state index is -3.71. The number of carbonyl (C=O) groups excluding carboxylic acids is 1. The molecule has 29 heavy (non-hydrogen) atoms. The van der Waals surface area contributed by atoms with Gasteiger partial charge in [0.05, 0.1) is 18.2 Å². The van der Waals surface area contributed by atoms with Crippen LogP contribution in [0.25, 0.3) is 0 Å². The Morgan fingerprint density at radius 1 is 1.17 bits per heavy atom. The van der Waals surface area contributed by atoms with Crippen LogP contribution in [0.15, 0.2) is 47.4 Å². The lowest BCUT2D eigenvalue weighted by atomic mass is 10.0. The molecule has 2 aromatic carbocycles. The maximum atomic E-state index is 12.9. The number of sulfonamides is 1. The smallest absolute Gasteiger partial charge is 0.251 e. The Morgan fingerprint density at radius 3 is 2.41 bits per heavy atom. The third-order valence-corrected chi connectivity index (χ3v) is 7.49. The monoisotopic (exact) mass is 436 g/mol. The zero-order valence-electron chi connectivity index (χ0n) is 16.5. The zero-order valence-corrected chi connectivity index (χ0v) is 18.1. The van der Waals surface area contributed by atoms with Gasteiger partial charge in [-0.3, -0.25) is 4.79 Å². The highest BCUT2D eigenvalue weighted by Gasteiger charge is 2.30. The molecule has 156 valence electrons. The summed E-state index contributed by atoms with van der Waals surface area (Å²) < 4.78 is 32.4. The molecule has 0 radical (unpaired) electrons. The Bertz CT molecular complexity index is 971. The van der Waals surface area contributed by atoms with Gasteiger partial charge < -0.3 is 10.1 Å². The van der Waals surface area contributed by atoms with Gasteiger partial charge in [-0.15, -0.1) is 0 Å². The van der Waals surface area contributed by atoms with Gasteiger partial charge in [0.2, 0.25) is 10.0 Å². The highest BCUT2D eigenvalue weighted by atomic mass is 35.5. The van der Waals surface area contributed by atoms with Gasteiger partial charge in [-0.1, -0.05) is 30.7 Å². The van der Waals surface area contributed by atoms with Crippen molar-refractivity contribution in [1.82, 2.24) is 9.62 Å². The average Bonchev–Trinajstić information content (AvgIpc) is 3.28. The Balaban J connectivity index is 1.83. The molecule has 1 N–H and O–H groups in total. The van der Waals surface area contributed by atoms with Crippen LogP contribution in [0.4, 0.5) is 0 Å². The van der Waals surface area contributed by atoms with E-state index in [2.05, 4.69) is 5.32 Å². The Kier molecular flexibility index (Phi) is 6.82. The largest absolute Gasteiger partial charge is 0.497 e. The van der Waals surface area contributed by atoms with E-state index in [0.29, 0.717) is 19.5 Å². The summed E-state index contributed by atoms with van der Waals surface area (Å²) in [5.41, 5.74) is 1.21. The summed E-state index contributed by atoms with van der Waals surface area (Å²) in [5, 5.41) is 3.09. The summed E-state index contributed by atoms with van der Waals surface area (Å²) in [7, 11) is -2.11. The number of nitrogens with one attached hydrogen (secondary N) is 1. The minimum Gasteiger partial charge on any atom is -0.497 e. The number of ether oxygens (including phenoxy) is 1. The summed E-state index contributed by atoms with van der Waals surface area (Å²) in [6.07, 6.45) is 2.35. The van der Waals surface area contributed by atoms with E-state index in [-0.39, 0.29) is 27.4 Å². The lowest BCUT2D eigenvalue weighted by molar-refractivity contribution is 0.0935. The van der Waals surface area contributed by atoms with Crippen LogP contribution in [-0.2, 0) is 10.0 Å². The molecule has 0 saturated carbocycles. The third-order valence-electron chi connectivity index (χ3n) is 5.11. The Hall–Kier alpha value is -2.09. The number of amides is 1. The van der Waals surface area contributed by atoms with E-state index in [9.17, 15) is 13.2 Å².